The lowest BCUT2D eigenvalue weighted by Gasteiger charge is -2.27. The predicted octanol–water partition coefficient (Wildman–Crippen LogP) is 0.663. The van der Waals surface area contributed by atoms with Crippen molar-refractivity contribution in [2.24, 2.45) is 4.99 Å². The van der Waals surface area contributed by atoms with Gasteiger partial charge < -0.3 is 19.8 Å². The highest BCUT2D eigenvalue weighted by molar-refractivity contribution is 5.60. The van der Waals surface area contributed by atoms with Crippen LogP contribution < -0.4 is 5.69 Å². The standard InChI is InChI=1S/C16H26N4O4/c1-10(2)20(11(3)4)9-17-14-5-6-19(16(23)18-14)15-7-12(22)13(8-21)24-15/h5-6,9-13,15,21-22H,7-8H2,1-4H3/t12-,13+,15+/m0/s1. The van der Waals surface area contributed by atoms with Gasteiger partial charge in [0.15, 0.2) is 5.82 Å². The summed E-state index contributed by atoms with van der Waals surface area (Å²) in [7, 11) is 0. The van der Waals surface area contributed by atoms with Gasteiger partial charge >= 0.3 is 5.69 Å². The molecule has 0 spiro atoms. The molecule has 24 heavy (non-hydrogen) atoms. The van der Waals surface area contributed by atoms with Gasteiger partial charge in [-0.2, -0.15) is 4.98 Å². The van der Waals surface area contributed by atoms with Crippen LogP contribution in [0.4, 0.5) is 5.82 Å². The Morgan fingerprint density at radius 1 is 1.46 bits per heavy atom. The van der Waals surface area contributed by atoms with Crippen molar-refractivity contribution in [2.45, 2.75) is 64.6 Å². The van der Waals surface area contributed by atoms with Crippen LogP contribution in [0, 0.1) is 0 Å². The van der Waals surface area contributed by atoms with Gasteiger partial charge in [-0.1, -0.05) is 0 Å². The normalized spacial score (nSPS) is 24.4. The monoisotopic (exact) mass is 338 g/mol. The number of rotatable bonds is 6. The summed E-state index contributed by atoms with van der Waals surface area (Å²) in [5.74, 6) is 0.319. The van der Waals surface area contributed by atoms with E-state index in [-0.39, 0.29) is 25.1 Å². The molecule has 2 rings (SSSR count). The number of aliphatic hydroxyl groups is 2. The van der Waals surface area contributed by atoms with Gasteiger partial charge in [0.25, 0.3) is 0 Å². The first kappa shape index (κ1) is 18.6. The Labute approximate surface area is 141 Å². The molecule has 134 valence electrons. The van der Waals surface area contributed by atoms with Crippen molar-refractivity contribution >= 4 is 12.2 Å². The Balaban J connectivity index is 2.14. The van der Waals surface area contributed by atoms with E-state index in [1.54, 1.807) is 18.6 Å². The van der Waals surface area contributed by atoms with Crippen molar-refractivity contribution in [3.8, 4) is 0 Å². The van der Waals surface area contributed by atoms with Gasteiger partial charge in [-0.25, -0.2) is 9.79 Å². The van der Waals surface area contributed by atoms with Crippen molar-refractivity contribution in [3.05, 3.63) is 22.7 Å². The molecule has 0 unspecified atom stereocenters. The van der Waals surface area contributed by atoms with Crippen LogP contribution in [0.3, 0.4) is 0 Å². The third-order valence-electron chi connectivity index (χ3n) is 4.03. The van der Waals surface area contributed by atoms with Crippen LogP contribution in [0.2, 0.25) is 0 Å². The summed E-state index contributed by atoms with van der Waals surface area (Å²) in [4.78, 5) is 22.5. The molecule has 3 atom stereocenters. The van der Waals surface area contributed by atoms with Gasteiger partial charge in [0.1, 0.15) is 12.3 Å². The average molecular weight is 338 g/mol. The number of nitrogens with zero attached hydrogens (tertiary/aromatic N) is 4. The first-order chi connectivity index (χ1) is 11.3. The minimum atomic E-state index is -0.796. The fraction of sp³-hybridized carbons (Fsp3) is 0.688. The lowest BCUT2D eigenvalue weighted by molar-refractivity contribution is -0.0458. The molecule has 1 aromatic rings. The second-order valence-corrected chi connectivity index (χ2v) is 6.47. The molecule has 0 radical (unpaired) electrons. The zero-order valence-corrected chi connectivity index (χ0v) is 14.5. The van der Waals surface area contributed by atoms with Crippen LogP contribution in [0.15, 0.2) is 22.1 Å². The molecule has 0 amide bonds. The van der Waals surface area contributed by atoms with E-state index in [2.05, 4.69) is 42.6 Å². The van der Waals surface area contributed by atoms with Crippen LogP contribution in [0.25, 0.3) is 0 Å². The molecular weight excluding hydrogens is 312 g/mol. The average Bonchev–Trinajstić information content (AvgIpc) is 2.87. The molecule has 2 heterocycles. The van der Waals surface area contributed by atoms with Crippen molar-refractivity contribution in [1.29, 1.82) is 0 Å². The lowest BCUT2D eigenvalue weighted by atomic mass is 10.2. The summed E-state index contributed by atoms with van der Waals surface area (Å²) in [6, 6.07) is 2.20. The topological polar surface area (TPSA) is 100 Å². The Kier molecular flexibility index (Phi) is 6.09. The van der Waals surface area contributed by atoms with E-state index >= 15 is 0 Å². The Morgan fingerprint density at radius 3 is 2.62 bits per heavy atom. The molecular formula is C16H26N4O4. The fourth-order valence-electron chi connectivity index (χ4n) is 2.73. The third-order valence-corrected chi connectivity index (χ3v) is 4.03. The molecule has 2 N–H and O–H groups in total. The molecule has 8 nitrogen and oxygen atoms in total. The fourth-order valence-corrected chi connectivity index (χ4v) is 2.73. The summed E-state index contributed by atoms with van der Waals surface area (Å²) in [5.41, 5.74) is -0.499. The van der Waals surface area contributed by atoms with E-state index in [4.69, 9.17) is 9.84 Å². The quantitative estimate of drug-likeness (QED) is 0.584. The molecule has 1 aromatic heterocycles. The summed E-state index contributed by atoms with van der Waals surface area (Å²) < 4.78 is 6.77. The highest BCUT2D eigenvalue weighted by Gasteiger charge is 2.34. The first-order valence-corrected chi connectivity index (χ1v) is 8.18. The van der Waals surface area contributed by atoms with Gasteiger partial charge in [0, 0.05) is 24.7 Å². The van der Waals surface area contributed by atoms with E-state index in [0.717, 1.165) is 0 Å². The van der Waals surface area contributed by atoms with Crippen LogP contribution in [0.5, 0.6) is 0 Å². The number of hydrogen-bond acceptors (Lipinski definition) is 6. The highest BCUT2D eigenvalue weighted by Crippen LogP contribution is 2.27. The minimum absolute atomic E-state index is 0.240. The minimum Gasteiger partial charge on any atom is -0.394 e. The predicted molar refractivity (Wildman–Crippen MR) is 90.4 cm³/mol. The first-order valence-electron chi connectivity index (χ1n) is 8.18. The number of hydrogen-bond donors (Lipinski definition) is 2. The smallest absolute Gasteiger partial charge is 0.351 e. The maximum Gasteiger partial charge on any atom is 0.351 e. The molecule has 1 aliphatic rings. The molecule has 8 heteroatoms. The number of ether oxygens (including phenoxy) is 1. The SMILES string of the molecule is CC(C)N(C=Nc1ccn([C@H]2C[C@H](O)[C@@H](CO)O2)c(=O)n1)C(C)C. The second-order valence-electron chi connectivity index (χ2n) is 6.47. The zero-order chi connectivity index (χ0) is 17.9. The summed E-state index contributed by atoms with van der Waals surface area (Å²) in [6.07, 6.45) is 1.38. The molecule has 0 aliphatic carbocycles. The second kappa shape index (κ2) is 7.87. The Morgan fingerprint density at radius 2 is 2.12 bits per heavy atom. The lowest BCUT2D eigenvalue weighted by Crippen LogP contribution is -2.35. The number of aliphatic hydroxyl groups excluding tert-OH is 2. The largest absolute Gasteiger partial charge is 0.394 e. The summed E-state index contributed by atoms with van der Waals surface area (Å²) in [6.45, 7) is 7.98. The van der Waals surface area contributed by atoms with Gasteiger partial charge in [0.2, 0.25) is 0 Å². The molecule has 1 fully saturated rings. The number of aromatic nitrogens is 2. The van der Waals surface area contributed by atoms with Crippen molar-refractivity contribution < 1.29 is 14.9 Å². The maximum absolute atomic E-state index is 12.2. The number of aliphatic imine (C=N–C) groups is 1. The zero-order valence-electron chi connectivity index (χ0n) is 14.5. The summed E-state index contributed by atoms with van der Waals surface area (Å²) >= 11 is 0. The van der Waals surface area contributed by atoms with E-state index < -0.39 is 24.1 Å². The molecule has 1 saturated heterocycles. The highest BCUT2D eigenvalue weighted by atomic mass is 16.5. The van der Waals surface area contributed by atoms with Gasteiger partial charge in [-0.3, -0.25) is 4.57 Å². The van der Waals surface area contributed by atoms with Crippen LogP contribution in [0.1, 0.15) is 40.3 Å². The van der Waals surface area contributed by atoms with E-state index in [0.29, 0.717) is 5.82 Å². The molecule has 0 aromatic carbocycles. The van der Waals surface area contributed by atoms with Crippen LogP contribution >= 0.6 is 0 Å². The van der Waals surface area contributed by atoms with Crippen molar-refractivity contribution in [2.75, 3.05) is 6.61 Å². The van der Waals surface area contributed by atoms with Crippen molar-refractivity contribution in [3.63, 3.8) is 0 Å². The van der Waals surface area contributed by atoms with Gasteiger partial charge in [0.05, 0.1) is 19.0 Å². The molecule has 0 bridgehead atoms. The van der Waals surface area contributed by atoms with E-state index in [9.17, 15) is 9.90 Å². The Bertz CT molecular complexity index is 621. The summed E-state index contributed by atoms with van der Waals surface area (Å²) in [5, 5.41) is 18.9. The van der Waals surface area contributed by atoms with Crippen LogP contribution in [-0.2, 0) is 4.74 Å². The van der Waals surface area contributed by atoms with Gasteiger partial charge in [-0.15, -0.1) is 0 Å². The van der Waals surface area contributed by atoms with Gasteiger partial charge in [-0.05, 0) is 33.8 Å². The van der Waals surface area contributed by atoms with Crippen molar-refractivity contribution in [1.82, 2.24) is 14.5 Å². The van der Waals surface area contributed by atoms with E-state index in [1.165, 1.54) is 4.57 Å². The van der Waals surface area contributed by atoms with Crippen LogP contribution in [-0.4, -0.2) is 61.9 Å². The van der Waals surface area contributed by atoms with E-state index in [1.807, 2.05) is 0 Å². The third kappa shape index (κ3) is 4.19. The maximum atomic E-state index is 12.2. The Hall–Kier alpha value is -1.77. The molecule has 0 saturated carbocycles. The molecule has 1 aliphatic heterocycles.